The molecule has 3 nitrogen and oxygen atoms in total. The molecular weight excluding hydrogens is 264 g/mol. The van der Waals surface area contributed by atoms with Crippen molar-refractivity contribution in [2.75, 3.05) is 6.61 Å². The van der Waals surface area contributed by atoms with Crippen LogP contribution in [0.25, 0.3) is 6.08 Å². The number of hydrogen-bond donors (Lipinski definition) is 1. The summed E-state index contributed by atoms with van der Waals surface area (Å²) in [6.07, 6.45) is 5.51. The summed E-state index contributed by atoms with van der Waals surface area (Å²) in [4.78, 5) is 11.8. The topological polar surface area (TPSA) is 46.5 Å². The average Bonchev–Trinajstić information content (AvgIpc) is 2.90. The van der Waals surface area contributed by atoms with E-state index in [1.807, 2.05) is 38.1 Å². The van der Waals surface area contributed by atoms with Crippen molar-refractivity contribution >= 4 is 12.0 Å². The number of benzene rings is 1. The van der Waals surface area contributed by atoms with Gasteiger partial charge in [0.05, 0.1) is 18.6 Å². The summed E-state index contributed by atoms with van der Waals surface area (Å²) in [6, 6.07) is 7.92. The zero-order chi connectivity index (χ0) is 15.2. The van der Waals surface area contributed by atoms with E-state index in [1.54, 1.807) is 0 Å². The molecule has 0 bridgehead atoms. The van der Waals surface area contributed by atoms with Gasteiger partial charge in [-0.2, -0.15) is 0 Å². The van der Waals surface area contributed by atoms with Crippen molar-refractivity contribution in [2.45, 2.75) is 51.6 Å². The van der Waals surface area contributed by atoms with Gasteiger partial charge < -0.3 is 9.84 Å². The van der Waals surface area contributed by atoms with Gasteiger partial charge in [-0.3, -0.25) is 4.79 Å². The van der Waals surface area contributed by atoms with E-state index in [9.17, 15) is 9.90 Å². The summed E-state index contributed by atoms with van der Waals surface area (Å²) in [5.74, 6) is -0.413. The Labute approximate surface area is 126 Å². The number of aliphatic hydroxyl groups is 1. The SMILES string of the molecule is CCCOC(=O)C(C)c1ccc(C=C2CCCC2O)cc1. The Balaban J connectivity index is 2.03. The molecule has 2 unspecified atom stereocenters. The lowest BCUT2D eigenvalue weighted by molar-refractivity contribution is -0.145. The molecule has 0 spiro atoms. The van der Waals surface area contributed by atoms with Crippen LogP contribution in [-0.2, 0) is 9.53 Å². The molecule has 0 heterocycles. The predicted octanol–water partition coefficient (Wildman–Crippen LogP) is 3.67. The highest BCUT2D eigenvalue weighted by Crippen LogP contribution is 2.27. The summed E-state index contributed by atoms with van der Waals surface area (Å²) in [6.45, 7) is 4.33. The van der Waals surface area contributed by atoms with Crippen LogP contribution < -0.4 is 0 Å². The molecule has 0 saturated heterocycles. The summed E-state index contributed by atoms with van der Waals surface area (Å²) in [5, 5.41) is 9.82. The fourth-order valence-electron chi connectivity index (χ4n) is 2.58. The van der Waals surface area contributed by atoms with Gasteiger partial charge in [0.15, 0.2) is 0 Å². The molecule has 0 aromatic heterocycles. The minimum Gasteiger partial charge on any atom is -0.465 e. The minimum atomic E-state index is -0.285. The third-order valence-corrected chi connectivity index (χ3v) is 3.96. The molecule has 1 aliphatic rings. The lowest BCUT2D eigenvalue weighted by atomic mass is 9.99. The summed E-state index contributed by atoms with van der Waals surface area (Å²) in [5.41, 5.74) is 3.15. The van der Waals surface area contributed by atoms with E-state index in [2.05, 4.69) is 6.08 Å². The van der Waals surface area contributed by atoms with E-state index < -0.39 is 0 Å². The Morgan fingerprint density at radius 2 is 2.14 bits per heavy atom. The summed E-state index contributed by atoms with van der Waals surface area (Å²) < 4.78 is 5.18. The Kier molecular flexibility index (Phi) is 5.57. The van der Waals surface area contributed by atoms with Crippen LogP contribution in [0.1, 0.15) is 56.6 Å². The molecule has 1 N–H and O–H groups in total. The van der Waals surface area contributed by atoms with Crippen LogP contribution in [0.15, 0.2) is 29.8 Å². The van der Waals surface area contributed by atoms with Gasteiger partial charge >= 0.3 is 5.97 Å². The Bertz CT molecular complexity index is 502. The van der Waals surface area contributed by atoms with Gasteiger partial charge in [-0.05, 0) is 49.3 Å². The van der Waals surface area contributed by atoms with Gasteiger partial charge in [0, 0.05) is 0 Å². The Hall–Kier alpha value is -1.61. The zero-order valence-corrected chi connectivity index (χ0v) is 12.8. The number of carbonyl (C=O) groups excluding carboxylic acids is 1. The smallest absolute Gasteiger partial charge is 0.313 e. The van der Waals surface area contributed by atoms with Crippen LogP contribution in [0, 0.1) is 0 Å². The van der Waals surface area contributed by atoms with Gasteiger partial charge in [-0.15, -0.1) is 0 Å². The molecule has 0 aliphatic heterocycles. The molecule has 0 radical (unpaired) electrons. The minimum absolute atomic E-state index is 0.172. The van der Waals surface area contributed by atoms with Gasteiger partial charge in [0.1, 0.15) is 0 Å². The van der Waals surface area contributed by atoms with Crippen LogP contribution in [0.4, 0.5) is 0 Å². The lowest BCUT2D eigenvalue weighted by Gasteiger charge is -2.12. The number of ether oxygens (including phenoxy) is 1. The third kappa shape index (κ3) is 4.18. The van der Waals surface area contributed by atoms with Gasteiger partial charge in [0.25, 0.3) is 0 Å². The molecule has 21 heavy (non-hydrogen) atoms. The normalized spacial score (nSPS) is 21.5. The molecule has 0 amide bonds. The first-order valence-corrected chi connectivity index (χ1v) is 7.77. The molecule has 114 valence electrons. The number of aliphatic hydroxyl groups excluding tert-OH is 1. The second kappa shape index (κ2) is 7.41. The van der Waals surface area contributed by atoms with E-state index in [1.165, 1.54) is 0 Å². The van der Waals surface area contributed by atoms with Crippen molar-refractivity contribution in [3.8, 4) is 0 Å². The number of hydrogen-bond acceptors (Lipinski definition) is 3. The molecule has 1 aromatic rings. The zero-order valence-electron chi connectivity index (χ0n) is 12.8. The van der Waals surface area contributed by atoms with Crippen molar-refractivity contribution in [1.82, 2.24) is 0 Å². The highest BCUT2D eigenvalue weighted by Gasteiger charge is 2.18. The number of rotatable bonds is 5. The van der Waals surface area contributed by atoms with E-state index in [0.29, 0.717) is 6.61 Å². The predicted molar refractivity (Wildman–Crippen MR) is 83.9 cm³/mol. The molecule has 1 saturated carbocycles. The molecule has 2 atom stereocenters. The van der Waals surface area contributed by atoms with Crippen LogP contribution in [0.3, 0.4) is 0 Å². The van der Waals surface area contributed by atoms with E-state index >= 15 is 0 Å². The summed E-state index contributed by atoms with van der Waals surface area (Å²) in [7, 11) is 0. The first-order valence-electron chi connectivity index (χ1n) is 7.77. The molecule has 1 aliphatic carbocycles. The largest absolute Gasteiger partial charge is 0.465 e. The molecule has 3 heteroatoms. The van der Waals surface area contributed by atoms with E-state index in [0.717, 1.165) is 42.4 Å². The van der Waals surface area contributed by atoms with Crippen molar-refractivity contribution in [3.05, 3.63) is 41.0 Å². The summed E-state index contributed by atoms with van der Waals surface area (Å²) >= 11 is 0. The first kappa shape index (κ1) is 15.8. The maximum absolute atomic E-state index is 11.8. The molecule has 2 rings (SSSR count). The fourth-order valence-corrected chi connectivity index (χ4v) is 2.58. The highest BCUT2D eigenvalue weighted by molar-refractivity contribution is 5.77. The van der Waals surface area contributed by atoms with Gasteiger partial charge in [-0.25, -0.2) is 0 Å². The van der Waals surface area contributed by atoms with Crippen LogP contribution >= 0.6 is 0 Å². The number of carbonyl (C=O) groups is 1. The third-order valence-electron chi connectivity index (χ3n) is 3.96. The second-order valence-corrected chi connectivity index (χ2v) is 5.68. The van der Waals surface area contributed by atoms with E-state index in [4.69, 9.17) is 4.74 Å². The van der Waals surface area contributed by atoms with Crippen molar-refractivity contribution in [3.63, 3.8) is 0 Å². The second-order valence-electron chi connectivity index (χ2n) is 5.68. The Morgan fingerprint density at radius 3 is 2.71 bits per heavy atom. The monoisotopic (exact) mass is 288 g/mol. The van der Waals surface area contributed by atoms with Gasteiger partial charge in [0.2, 0.25) is 0 Å². The maximum Gasteiger partial charge on any atom is 0.313 e. The standard InChI is InChI=1S/C18H24O3/c1-3-11-21-18(20)13(2)15-9-7-14(8-10-15)12-16-5-4-6-17(16)19/h7-10,12-13,17,19H,3-6,11H2,1-2H3. The van der Waals surface area contributed by atoms with Crippen molar-refractivity contribution < 1.29 is 14.6 Å². The van der Waals surface area contributed by atoms with E-state index in [-0.39, 0.29) is 18.0 Å². The maximum atomic E-state index is 11.8. The fraction of sp³-hybridized carbons (Fsp3) is 0.500. The highest BCUT2D eigenvalue weighted by atomic mass is 16.5. The van der Waals surface area contributed by atoms with Crippen LogP contribution in [0.2, 0.25) is 0 Å². The lowest BCUT2D eigenvalue weighted by Crippen LogP contribution is -2.13. The average molecular weight is 288 g/mol. The first-order chi connectivity index (χ1) is 10.1. The van der Waals surface area contributed by atoms with Crippen molar-refractivity contribution in [1.29, 1.82) is 0 Å². The van der Waals surface area contributed by atoms with Crippen LogP contribution in [-0.4, -0.2) is 23.8 Å². The quantitative estimate of drug-likeness (QED) is 0.841. The molecular formula is C18H24O3. The van der Waals surface area contributed by atoms with Crippen molar-refractivity contribution in [2.24, 2.45) is 0 Å². The van der Waals surface area contributed by atoms with Crippen LogP contribution in [0.5, 0.6) is 0 Å². The number of esters is 1. The molecule has 1 aromatic carbocycles. The Morgan fingerprint density at radius 1 is 1.43 bits per heavy atom. The molecule has 1 fully saturated rings. The van der Waals surface area contributed by atoms with Gasteiger partial charge in [-0.1, -0.05) is 37.3 Å².